The van der Waals surface area contributed by atoms with E-state index in [2.05, 4.69) is 0 Å². The third kappa shape index (κ3) is 25.7. The average Bonchev–Trinajstić information content (AvgIpc) is 0.918. The quantitative estimate of drug-likeness (QED) is 0.389. The Labute approximate surface area is 68.9 Å². The third-order valence-corrected chi connectivity index (χ3v) is 0. The van der Waals surface area contributed by atoms with E-state index in [1.165, 1.54) is 0 Å². The van der Waals surface area contributed by atoms with E-state index in [0.29, 0.717) is 0 Å². The van der Waals surface area contributed by atoms with Gasteiger partial charge < -0.3 is 5.91 Å². The summed E-state index contributed by atoms with van der Waals surface area (Å²) in [5.74, 6) is 0. The van der Waals surface area contributed by atoms with Crippen LogP contribution in [0.3, 0.4) is 0 Å². The van der Waals surface area contributed by atoms with E-state index in [9.17, 15) is 5.91 Å². The smallest absolute Gasteiger partial charge is 0.440 e. The van der Waals surface area contributed by atoms with Gasteiger partial charge in [0, 0.05) is 0 Å². The van der Waals surface area contributed by atoms with Crippen LogP contribution >= 0.6 is 0 Å². The van der Waals surface area contributed by atoms with Crippen LogP contribution in [0.25, 0.3) is 0 Å². The van der Waals surface area contributed by atoms with Gasteiger partial charge in [0.1, 0.15) is 0 Å². The molecule has 0 radical (unpaired) electrons. The van der Waals surface area contributed by atoms with E-state index in [-0.39, 0.29) is 42.4 Å². The first-order valence-electron chi connectivity index (χ1n) is 0.535. The average molecular weight is 124 g/mol. The molecule has 0 spiro atoms. The van der Waals surface area contributed by atoms with Crippen LogP contribution in [-0.4, -0.2) is 59.2 Å². The molecule has 0 heterocycles. The second-order valence-corrected chi connectivity index (χ2v) is 0.303. The van der Waals surface area contributed by atoms with Crippen LogP contribution < -0.4 is 0 Å². The first kappa shape index (κ1) is 15.8. The molecule has 0 saturated heterocycles. The monoisotopic (exact) mass is 124 g/mol. The summed E-state index contributed by atoms with van der Waals surface area (Å²) in [7, 11) is 0. The van der Waals surface area contributed by atoms with Crippen LogP contribution in [0.1, 0.15) is 0 Å². The Bertz CT molecular complexity index is 6.85. The van der Waals surface area contributed by atoms with Gasteiger partial charge >= 0.3 is 59.2 Å². The Morgan fingerprint density at radius 2 is 1.20 bits per heavy atom. The molecule has 0 aliphatic carbocycles. The summed E-state index contributed by atoms with van der Waals surface area (Å²) >= 11 is -2.58. The standard InChI is InChI=1S/Ca.3FH.Mg.2H/h;3*1H;;;/q;;;;+2;;/p-2. The van der Waals surface area contributed by atoms with Crippen LogP contribution in [0.2, 0.25) is 0 Å². The van der Waals surface area contributed by atoms with Crippen molar-refractivity contribution in [1.29, 1.82) is 0 Å². The van der Waals surface area contributed by atoms with Crippen molar-refractivity contribution in [2.75, 3.05) is 0 Å². The zero-order valence-electron chi connectivity index (χ0n) is 1.87. The molecule has 0 N–H and O–H groups in total. The topological polar surface area (TPSA) is 0 Å². The maximum Gasteiger partial charge on any atom is 0.879 e. The van der Waals surface area contributed by atoms with Crippen LogP contribution in [0.5, 0.6) is 0 Å². The van der Waals surface area contributed by atoms with E-state index in [4.69, 9.17) is 0 Å². The fourth-order valence-corrected chi connectivity index (χ4v) is 0. The van der Waals surface area contributed by atoms with Crippen LogP contribution in [-0.2, 0) is 0 Å². The summed E-state index contributed by atoms with van der Waals surface area (Å²) in [6.45, 7) is 0. The minimum Gasteiger partial charge on any atom is -0.440 e. The molecule has 0 aliphatic heterocycles. The Morgan fingerprint density at radius 3 is 1.20 bits per heavy atom. The maximum absolute atomic E-state index is 9.76. The molecule has 0 fully saturated rings. The molecule has 0 aliphatic rings. The molecular weight excluding hydrogens is 121 g/mol. The molecule has 0 bridgehead atoms. The first-order valence-corrected chi connectivity index (χ1v) is 1.60. The number of hydrogen-bond acceptors (Lipinski definition) is 0. The molecule has 0 saturated carbocycles. The van der Waals surface area contributed by atoms with Gasteiger partial charge in [-0.1, -0.05) is 0 Å². The Morgan fingerprint density at radius 1 is 1.20 bits per heavy atom. The zero-order valence-corrected chi connectivity index (χ0v) is 3.29. The molecule has 5 heavy (non-hydrogen) atoms. The van der Waals surface area contributed by atoms with Gasteiger partial charge in [-0.15, -0.1) is 0 Å². The van der Waals surface area contributed by atoms with Crippen LogP contribution in [0, 0.1) is 0 Å². The predicted molar refractivity (Wildman–Crippen MR) is 19.0 cm³/mol. The van der Waals surface area contributed by atoms with Gasteiger partial charge in [-0.3, -0.25) is 4.70 Å². The molecule has 0 unspecified atom stereocenters. The van der Waals surface area contributed by atoms with Crippen molar-refractivity contribution >= 4 is 59.2 Å². The van der Waals surface area contributed by atoms with Gasteiger partial charge in [0.05, 0.1) is 0 Å². The largest absolute Gasteiger partial charge is 0.879 e. The molecule has 0 nitrogen and oxygen atoms in total. The van der Waals surface area contributed by atoms with E-state index in [1.807, 2.05) is 0 Å². The van der Waals surface area contributed by atoms with E-state index in [0.717, 1.165) is 0 Å². The molecular formula is H3CaF3Mg. The number of halogens is 3. The normalized spacial score (nSPS) is 2.00. The Hall–Kier alpha value is 1.82. The number of hydrogen-bond donors (Lipinski definition) is 0. The zero-order chi connectivity index (χ0) is 2.71. The Balaban J connectivity index is -0.0000000200. The molecule has 0 aromatic carbocycles. The van der Waals surface area contributed by atoms with E-state index >= 15 is 0 Å². The van der Waals surface area contributed by atoms with Crippen molar-refractivity contribution < 1.29 is 10.6 Å². The summed E-state index contributed by atoms with van der Waals surface area (Å²) in [5.41, 5.74) is 0. The SMILES string of the molecule is F.[CaH2].[F][Mg][F]. The fraction of sp³-hybridized carbons (Fsp3) is 0. The minimum atomic E-state index is -2.58. The molecule has 0 aromatic rings. The van der Waals surface area contributed by atoms with Crippen molar-refractivity contribution in [2.24, 2.45) is 0 Å². The third-order valence-electron chi connectivity index (χ3n) is 0. The second-order valence-electron chi connectivity index (χ2n) is 0.101. The Kier molecular flexibility index (Phi) is 53.9. The van der Waals surface area contributed by atoms with Crippen LogP contribution in [0.15, 0.2) is 0 Å². The molecule has 0 amide bonds. The van der Waals surface area contributed by atoms with E-state index < -0.39 is 21.5 Å². The van der Waals surface area contributed by atoms with Gasteiger partial charge in [-0.25, -0.2) is 0 Å². The molecule has 0 atom stereocenters. The van der Waals surface area contributed by atoms with Crippen molar-refractivity contribution in [3.8, 4) is 0 Å². The minimum absolute atomic E-state index is 0. The van der Waals surface area contributed by atoms with Gasteiger partial charge in [-0.2, -0.15) is 0 Å². The number of rotatable bonds is 0. The van der Waals surface area contributed by atoms with Gasteiger partial charge in [-0.05, 0) is 0 Å². The molecule has 28 valence electrons. The fourth-order valence-electron chi connectivity index (χ4n) is 0. The summed E-state index contributed by atoms with van der Waals surface area (Å²) in [6, 6.07) is 0. The maximum atomic E-state index is 9.76. The summed E-state index contributed by atoms with van der Waals surface area (Å²) in [6.07, 6.45) is 0. The van der Waals surface area contributed by atoms with E-state index in [1.54, 1.807) is 0 Å². The second kappa shape index (κ2) is 17.0. The van der Waals surface area contributed by atoms with Crippen molar-refractivity contribution in [1.82, 2.24) is 0 Å². The van der Waals surface area contributed by atoms with Crippen molar-refractivity contribution in [3.05, 3.63) is 0 Å². The van der Waals surface area contributed by atoms with Crippen molar-refractivity contribution in [3.63, 3.8) is 0 Å². The summed E-state index contributed by atoms with van der Waals surface area (Å²) in [5, 5.41) is 0. The van der Waals surface area contributed by atoms with Gasteiger partial charge in [0.25, 0.3) is 0 Å². The first-order chi connectivity index (χ1) is 1.41. The van der Waals surface area contributed by atoms with Gasteiger partial charge in [0.2, 0.25) is 0 Å². The predicted octanol–water partition coefficient (Wildman–Crippen LogP) is -0.304. The molecule has 0 aromatic heterocycles. The van der Waals surface area contributed by atoms with Crippen LogP contribution in [0.4, 0.5) is 10.6 Å². The summed E-state index contributed by atoms with van der Waals surface area (Å²) in [4.78, 5) is 0. The van der Waals surface area contributed by atoms with Crippen molar-refractivity contribution in [2.45, 2.75) is 0 Å². The summed E-state index contributed by atoms with van der Waals surface area (Å²) < 4.78 is 19.5. The van der Waals surface area contributed by atoms with Gasteiger partial charge in [0.15, 0.2) is 0 Å². The molecule has 0 rings (SSSR count). The molecule has 5 heteroatoms.